The van der Waals surface area contributed by atoms with Gasteiger partial charge in [-0.2, -0.15) is 0 Å². The van der Waals surface area contributed by atoms with Gasteiger partial charge in [-0.3, -0.25) is 0 Å². The van der Waals surface area contributed by atoms with Gasteiger partial charge in [0.05, 0.1) is 11.5 Å². The highest BCUT2D eigenvalue weighted by molar-refractivity contribution is 7.89. The number of sulfonamides is 1. The molecular formula is C10H16N2O3S2. The van der Waals surface area contributed by atoms with Crippen LogP contribution in [0.3, 0.4) is 0 Å². The Balaban J connectivity index is 2.07. The van der Waals surface area contributed by atoms with E-state index >= 15 is 0 Å². The molecule has 0 aliphatic carbocycles. The van der Waals surface area contributed by atoms with Crippen molar-refractivity contribution in [1.29, 1.82) is 0 Å². The molecule has 1 fully saturated rings. The second-order valence-electron chi connectivity index (χ2n) is 3.99. The summed E-state index contributed by atoms with van der Waals surface area (Å²) in [6, 6.07) is 1.51. The highest BCUT2D eigenvalue weighted by atomic mass is 32.2. The molecule has 1 aromatic heterocycles. The third kappa shape index (κ3) is 3.26. The number of thiophene rings is 1. The predicted molar refractivity (Wildman–Crippen MR) is 66.4 cm³/mol. The number of rotatable bonds is 4. The van der Waals surface area contributed by atoms with Crippen molar-refractivity contribution in [1.82, 2.24) is 4.72 Å². The summed E-state index contributed by atoms with van der Waals surface area (Å²) in [7, 11) is -3.42. The highest BCUT2D eigenvalue weighted by Gasteiger charge is 2.22. The topological polar surface area (TPSA) is 81.4 Å². The van der Waals surface area contributed by atoms with Crippen molar-refractivity contribution >= 4 is 21.4 Å². The van der Waals surface area contributed by atoms with Gasteiger partial charge < -0.3 is 10.5 Å². The molecule has 0 saturated carbocycles. The number of hydrogen-bond acceptors (Lipinski definition) is 5. The SMILES string of the molecule is NCc1cc(S(=O)(=O)NC2CCCOC2)cs1. The van der Waals surface area contributed by atoms with Gasteiger partial charge in [0.15, 0.2) is 0 Å². The van der Waals surface area contributed by atoms with Crippen LogP contribution in [0.1, 0.15) is 17.7 Å². The van der Waals surface area contributed by atoms with Crippen molar-refractivity contribution in [3.05, 3.63) is 16.3 Å². The number of hydrogen-bond donors (Lipinski definition) is 2. The summed E-state index contributed by atoms with van der Waals surface area (Å²) in [6.45, 7) is 1.54. The van der Waals surface area contributed by atoms with Crippen molar-refractivity contribution in [3.63, 3.8) is 0 Å². The minimum atomic E-state index is -3.42. The van der Waals surface area contributed by atoms with E-state index < -0.39 is 10.0 Å². The van der Waals surface area contributed by atoms with Gasteiger partial charge in [0, 0.05) is 29.5 Å². The molecule has 0 radical (unpaired) electrons. The number of nitrogens with one attached hydrogen (secondary N) is 1. The summed E-state index contributed by atoms with van der Waals surface area (Å²) in [6.07, 6.45) is 1.72. The maximum Gasteiger partial charge on any atom is 0.241 e. The lowest BCUT2D eigenvalue weighted by Gasteiger charge is -2.22. The molecule has 1 aliphatic heterocycles. The van der Waals surface area contributed by atoms with Gasteiger partial charge in [-0.1, -0.05) is 0 Å². The van der Waals surface area contributed by atoms with Crippen LogP contribution < -0.4 is 10.5 Å². The molecule has 2 rings (SSSR count). The minimum Gasteiger partial charge on any atom is -0.380 e. The van der Waals surface area contributed by atoms with E-state index in [9.17, 15) is 8.42 Å². The van der Waals surface area contributed by atoms with Crippen LogP contribution in [-0.2, 0) is 21.3 Å². The average Bonchev–Trinajstić information content (AvgIpc) is 2.79. The molecule has 0 aromatic carbocycles. The minimum absolute atomic E-state index is 0.116. The summed E-state index contributed by atoms with van der Waals surface area (Å²) in [5, 5.41) is 1.62. The third-order valence-corrected chi connectivity index (χ3v) is 5.23. The molecule has 1 atom stereocenters. The van der Waals surface area contributed by atoms with Gasteiger partial charge in [-0.25, -0.2) is 13.1 Å². The van der Waals surface area contributed by atoms with Crippen LogP contribution >= 0.6 is 11.3 Å². The zero-order chi connectivity index (χ0) is 12.3. The molecule has 2 heterocycles. The molecule has 0 bridgehead atoms. The molecule has 17 heavy (non-hydrogen) atoms. The summed E-state index contributed by atoms with van der Waals surface area (Å²) >= 11 is 1.36. The third-order valence-electron chi connectivity index (χ3n) is 2.62. The van der Waals surface area contributed by atoms with E-state index in [-0.39, 0.29) is 6.04 Å². The fourth-order valence-corrected chi connectivity index (χ4v) is 4.14. The molecule has 0 spiro atoms. The molecule has 0 amide bonds. The maximum absolute atomic E-state index is 12.0. The van der Waals surface area contributed by atoms with E-state index in [2.05, 4.69) is 4.72 Å². The number of ether oxygens (including phenoxy) is 1. The quantitative estimate of drug-likeness (QED) is 0.846. The second-order valence-corrected chi connectivity index (χ2v) is 6.70. The molecule has 7 heteroatoms. The molecule has 3 N–H and O–H groups in total. The smallest absolute Gasteiger partial charge is 0.241 e. The van der Waals surface area contributed by atoms with Gasteiger partial charge in [0.1, 0.15) is 0 Å². The maximum atomic E-state index is 12.0. The van der Waals surface area contributed by atoms with Gasteiger partial charge in [-0.15, -0.1) is 11.3 Å². The largest absolute Gasteiger partial charge is 0.380 e. The van der Waals surface area contributed by atoms with Crippen LogP contribution in [-0.4, -0.2) is 27.7 Å². The van der Waals surface area contributed by atoms with E-state index in [0.717, 1.165) is 17.7 Å². The van der Waals surface area contributed by atoms with E-state index in [1.54, 1.807) is 11.4 Å². The highest BCUT2D eigenvalue weighted by Crippen LogP contribution is 2.19. The summed E-state index contributed by atoms with van der Waals surface area (Å²) in [5.41, 5.74) is 5.47. The van der Waals surface area contributed by atoms with Gasteiger partial charge in [0.2, 0.25) is 10.0 Å². The van der Waals surface area contributed by atoms with Crippen LogP contribution in [0, 0.1) is 0 Å². The Hall–Kier alpha value is -0.470. The van der Waals surface area contributed by atoms with Crippen LogP contribution in [0.2, 0.25) is 0 Å². The molecule has 96 valence electrons. The van der Waals surface area contributed by atoms with Crippen molar-refractivity contribution in [2.45, 2.75) is 30.3 Å². The first-order chi connectivity index (χ1) is 8.12. The normalized spacial score (nSPS) is 21.6. The van der Waals surface area contributed by atoms with Gasteiger partial charge >= 0.3 is 0 Å². The molecule has 5 nitrogen and oxygen atoms in total. The average molecular weight is 276 g/mol. The molecule has 1 saturated heterocycles. The zero-order valence-corrected chi connectivity index (χ0v) is 11.0. The van der Waals surface area contributed by atoms with Gasteiger partial charge in [0.25, 0.3) is 0 Å². The lowest BCUT2D eigenvalue weighted by molar-refractivity contribution is 0.0774. The molecule has 1 aliphatic rings. The van der Waals surface area contributed by atoms with Crippen LogP contribution in [0.5, 0.6) is 0 Å². The van der Waals surface area contributed by atoms with E-state index in [4.69, 9.17) is 10.5 Å². The lowest BCUT2D eigenvalue weighted by atomic mass is 10.1. The van der Waals surface area contributed by atoms with Crippen molar-refractivity contribution in [2.75, 3.05) is 13.2 Å². The molecular weight excluding hydrogens is 260 g/mol. The first-order valence-corrected chi connectivity index (χ1v) is 7.85. The standard InChI is InChI=1S/C10H16N2O3S2/c11-5-9-4-10(7-16-9)17(13,14)12-8-2-1-3-15-6-8/h4,7-8,12H,1-3,5-6,11H2. The summed E-state index contributed by atoms with van der Waals surface area (Å²) in [4.78, 5) is 1.17. The Morgan fingerprint density at radius 2 is 2.41 bits per heavy atom. The van der Waals surface area contributed by atoms with Crippen LogP contribution in [0.4, 0.5) is 0 Å². The Morgan fingerprint density at radius 3 is 3.00 bits per heavy atom. The predicted octanol–water partition coefficient (Wildman–Crippen LogP) is 0.664. The molecule has 1 unspecified atom stereocenters. The first-order valence-electron chi connectivity index (χ1n) is 5.49. The monoisotopic (exact) mass is 276 g/mol. The Morgan fingerprint density at radius 1 is 1.59 bits per heavy atom. The van der Waals surface area contributed by atoms with E-state index in [0.29, 0.717) is 24.7 Å². The second kappa shape index (κ2) is 5.45. The Kier molecular flexibility index (Phi) is 4.16. The van der Waals surface area contributed by atoms with E-state index in [1.807, 2.05) is 0 Å². The first kappa shape index (κ1) is 13.0. The lowest BCUT2D eigenvalue weighted by Crippen LogP contribution is -2.40. The van der Waals surface area contributed by atoms with Crippen molar-refractivity contribution in [3.8, 4) is 0 Å². The zero-order valence-electron chi connectivity index (χ0n) is 9.39. The summed E-state index contributed by atoms with van der Waals surface area (Å²) in [5.74, 6) is 0. The van der Waals surface area contributed by atoms with Crippen molar-refractivity contribution < 1.29 is 13.2 Å². The van der Waals surface area contributed by atoms with E-state index in [1.165, 1.54) is 11.3 Å². The van der Waals surface area contributed by atoms with Crippen LogP contribution in [0.15, 0.2) is 16.3 Å². The number of nitrogens with two attached hydrogens (primary N) is 1. The Labute approximate surface area is 105 Å². The molecule has 1 aromatic rings. The fourth-order valence-electron chi connectivity index (χ4n) is 1.73. The van der Waals surface area contributed by atoms with Gasteiger partial charge in [-0.05, 0) is 18.9 Å². The van der Waals surface area contributed by atoms with Crippen molar-refractivity contribution in [2.24, 2.45) is 5.73 Å². The fraction of sp³-hybridized carbons (Fsp3) is 0.600. The Bertz CT molecular complexity index is 464. The van der Waals surface area contributed by atoms with Crippen LogP contribution in [0.25, 0.3) is 0 Å². The summed E-state index contributed by atoms with van der Waals surface area (Å²) < 4.78 is 32.0.